The Bertz CT molecular complexity index is 1160. The highest BCUT2D eigenvalue weighted by molar-refractivity contribution is 6.97. The maximum atomic E-state index is 12.1. The molecule has 3 aromatic rings. The number of hydrogen-bond acceptors (Lipinski definition) is 2. The van der Waals surface area contributed by atoms with E-state index in [1.165, 1.54) is 6.07 Å². The van der Waals surface area contributed by atoms with Gasteiger partial charge in [-0.25, -0.2) is 9.59 Å². The van der Waals surface area contributed by atoms with Crippen molar-refractivity contribution in [3.8, 4) is 0 Å². The molecule has 33 heavy (non-hydrogen) atoms. The summed E-state index contributed by atoms with van der Waals surface area (Å²) in [5, 5.41) is 19.8. The van der Waals surface area contributed by atoms with Gasteiger partial charge >= 0.3 is 11.9 Å². The molecule has 0 amide bonds. The van der Waals surface area contributed by atoms with Crippen molar-refractivity contribution in [1.29, 1.82) is 0 Å². The van der Waals surface area contributed by atoms with E-state index in [0.29, 0.717) is 11.1 Å². The van der Waals surface area contributed by atoms with E-state index < -0.39 is 11.9 Å². The highest BCUT2D eigenvalue weighted by Crippen LogP contribution is 2.20. The molecule has 0 radical (unpaired) electrons. The van der Waals surface area contributed by atoms with E-state index in [1.54, 1.807) is 13.8 Å². The summed E-state index contributed by atoms with van der Waals surface area (Å²) in [7, 11) is 0. The molecule has 0 unspecified atom stereocenters. The Kier molecular flexibility index (Phi) is 6.55. The van der Waals surface area contributed by atoms with Gasteiger partial charge < -0.3 is 10.2 Å². The molecule has 0 atom stereocenters. The fourth-order valence-electron chi connectivity index (χ4n) is 5.54. The number of aromatic carboxylic acids is 2. The van der Waals surface area contributed by atoms with Gasteiger partial charge in [0.05, 0.1) is 11.1 Å². The molecular weight excluding hydrogens is 411 g/mol. The third-order valence-electron chi connectivity index (χ3n) is 6.71. The van der Waals surface area contributed by atoms with Gasteiger partial charge in [-0.15, -0.1) is 0 Å². The zero-order valence-electron chi connectivity index (χ0n) is 20.7. The lowest BCUT2D eigenvalue weighted by molar-refractivity contribution is 0.0695. The van der Waals surface area contributed by atoms with Gasteiger partial charge in [-0.2, -0.15) is 0 Å². The quantitative estimate of drug-likeness (QED) is 0.585. The SMILES string of the molecule is Cc1cc(C)c(B(c2c(C)cc(C)cc2C)c2c(C)c(C(=O)O)cc(C(=O)O)c2C)c(C)c1. The highest BCUT2D eigenvalue weighted by atomic mass is 16.4. The maximum Gasteiger partial charge on any atom is 0.335 e. The van der Waals surface area contributed by atoms with Gasteiger partial charge in [0.2, 0.25) is 6.71 Å². The number of aryl methyl sites for hydroxylation is 6. The zero-order chi connectivity index (χ0) is 24.8. The van der Waals surface area contributed by atoms with Crippen molar-refractivity contribution >= 4 is 35.0 Å². The summed E-state index contributed by atoms with van der Waals surface area (Å²) in [4.78, 5) is 24.2. The minimum Gasteiger partial charge on any atom is -0.478 e. The highest BCUT2D eigenvalue weighted by Gasteiger charge is 2.33. The predicted molar refractivity (Wildman–Crippen MR) is 136 cm³/mol. The first kappa shape index (κ1) is 24.3. The van der Waals surface area contributed by atoms with Crippen molar-refractivity contribution in [3.63, 3.8) is 0 Å². The second-order valence-corrected chi connectivity index (χ2v) is 9.30. The molecule has 0 heterocycles. The van der Waals surface area contributed by atoms with E-state index >= 15 is 0 Å². The average molecular weight is 442 g/mol. The van der Waals surface area contributed by atoms with Crippen molar-refractivity contribution in [1.82, 2.24) is 0 Å². The summed E-state index contributed by atoms with van der Waals surface area (Å²) in [6, 6.07) is 9.84. The molecule has 3 rings (SSSR count). The van der Waals surface area contributed by atoms with Gasteiger partial charge in [0, 0.05) is 0 Å². The number of hydrogen-bond donors (Lipinski definition) is 2. The van der Waals surface area contributed by atoms with Gasteiger partial charge in [0.25, 0.3) is 0 Å². The van der Waals surface area contributed by atoms with Crippen molar-refractivity contribution in [2.24, 2.45) is 0 Å². The van der Waals surface area contributed by atoms with Crippen LogP contribution in [0.1, 0.15) is 65.2 Å². The maximum absolute atomic E-state index is 12.1. The van der Waals surface area contributed by atoms with Crippen LogP contribution in [0.2, 0.25) is 0 Å². The molecule has 3 aromatic carbocycles. The second kappa shape index (κ2) is 8.89. The number of rotatable bonds is 5. The van der Waals surface area contributed by atoms with Crippen LogP contribution in [0.25, 0.3) is 0 Å². The topological polar surface area (TPSA) is 74.6 Å². The van der Waals surface area contributed by atoms with Crippen molar-refractivity contribution in [2.45, 2.75) is 55.4 Å². The lowest BCUT2D eigenvalue weighted by Gasteiger charge is -2.28. The van der Waals surface area contributed by atoms with Crippen molar-refractivity contribution in [2.75, 3.05) is 0 Å². The van der Waals surface area contributed by atoms with Crippen LogP contribution in [0.3, 0.4) is 0 Å². The summed E-state index contributed by atoms with van der Waals surface area (Å²) >= 11 is 0. The molecule has 0 bridgehead atoms. The third kappa shape index (κ3) is 4.32. The molecule has 4 nitrogen and oxygen atoms in total. The lowest BCUT2D eigenvalue weighted by Crippen LogP contribution is -2.58. The third-order valence-corrected chi connectivity index (χ3v) is 6.71. The first-order valence-electron chi connectivity index (χ1n) is 11.1. The molecule has 0 fully saturated rings. The van der Waals surface area contributed by atoms with Crippen LogP contribution >= 0.6 is 0 Å². The number of benzene rings is 3. The molecule has 2 N–H and O–H groups in total. The minimum atomic E-state index is -1.12. The van der Waals surface area contributed by atoms with Crippen LogP contribution < -0.4 is 16.4 Å². The summed E-state index contributed by atoms with van der Waals surface area (Å²) in [6.07, 6.45) is 0. The van der Waals surface area contributed by atoms with Gasteiger partial charge in [-0.05, 0) is 72.6 Å². The zero-order valence-corrected chi connectivity index (χ0v) is 20.7. The van der Waals surface area contributed by atoms with Gasteiger partial charge in [0.15, 0.2) is 0 Å². The normalized spacial score (nSPS) is 10.9. The summed E-state index contributed by atoms with van der Waals surface area (Å²) in [5.41, 5.74) is 11.0. The molecule has 5 heteroatoms. The molecule has 170 valence electrons. The van der Waals surface area contributed by atoms with Gasteiger partial charge in [-0.1, -0.05) is 74.0 Å². The Hall–Kier alpha value is -3.34. The second-order valence-electron chi connectivity index (χ2n) is 9.30. The van der Waals surface area contributed by atoms with Crippen LogP contribution in [-0.2, 0) is 0 Å². The van der Waals surface area contributed by atoms with Crippen LogP contribution in [-0.4, -0.2) is 28.9 Å². The summed E-state index contributed by atoms with van der Waals surface area (Å²) < 4.78 is 0. The Morgan fingerprint density at radius 3 is 1.12 bits per heavy atom. The average Bonchev–Trinajstić information content (AvgIpc) is 2.65. The smallest absolute Gasteiger partial charge is 0.335 e. The number of carbonyl (C=O) groups is 2. The number of carboxylic acids is 2. The fraction of sp³-hybridized carbons (Fsp3) is 0.286. The summed E-state index contributed by atoms with van der Waals surface area (Å²) in [6.45, 7) is 15.7. The Morgan fingerprint density at radius 2 is 0.848 bits per heavy atom. The van der Waals surface area contributed by atoms with Gasteiger partial charge in [0.1, 0.15) is 0 Å². The molecule has 0 spiro atoms. The Balaban J connectivity index is 2.59. The van der Waals surface area contributed by atoms with E-state index in [1.807, 2.05) is 0 Å². The van der Waals surface area contributed by atoms with Crippen molar-refractivity contribution < 1.29 is 19.8 Å². The minimum absolute atomic E-state index is 0.0304. The van der Waals surface area contributed by atoms with E-state index in [9.17, 15) is 19.8 Å². The molecule has 0 aliphatic heterocycles. The Labute approximate surface area is 196 Å². The van der Waals surface area contributed by atoms with Crippen LogP contribution in [0.15, 0.2) is 30.3 Å². The number of carboxylic acid groups (broad SMARTS) is 2. The Morgan fingerprint density at radius 1 is 0.545 bits per heavy atom. The van der Waals surface area contributed by atoms with Gasteiger partial charge in [-0.3, -0.25) is 0 Å². The fourth-order valence-corrected chi connectivity index (χ4v) is 5.54. The van der Waals surface area contributed by atoms with Crippen LogP contribution in [0.5, 0.6) is 0 Å². The predicted octanol–water partition coefficient (Wildman–Crippen LogP) is 4.07. The lowest BCUT2D eigenvalue weighted by atomic mass is 9.32. The molecule has 0 saturated heterocycles. The monoisotopic (exact) mass is 442 g/mol. The van der Waals surface area contributed by atoms with Crippen LogP contribution in [0.4, 0.5) is 0 Å². The summed E-state index contributed by atoms with van der Waals surface area (Å²) in [5.74, 6) is -2.24. The van der Waals surface area contributed by atoms with E-state index in [0.717, 1.165) is 49.8 Å². The standard InChI is InChI=1S/C28H31BO4/c1-14-9-16(3)24(17(4)10-14)29(25-18(5)11-15(2)12-19(25)6)26-20(7)22(27(30)31)13-23(21(26)8)28(32)33/h9-13H,1-8H3,(H,30,31)(H,32,33). The first-order valence-corrected chi connectivity index (χ1v) is 11.1. The molecule has 0 aliphatic carbocycles. The van der Waals surface area contributed by atoms with Crippen LogP contribution in [0, 0.1) is 55.4 Å². The van der Waals surface area contributed by atoms with E-state index in [-0.39, 0.29) is 17.8 Å². The van der Waals surface area contributed by atoms with E-state index in [2.05, 4.69) is 65.8 Å². The first-order chi connectivity index (χ1) is 15.3. The van der Waals surface area contributed by atoms with Crippen molar-refractivity contribution in [3.05, 3.63) is 86.0 Å². The van der Waals surface area contributed by atoms with E-state index in [4.69, 9.17) is 0 Å². The molecule has 0 aliphatic rings. The largest absolute Gasteiger partial charge is 0.478 e. The molecule has 0 saturated carbocycles. The molecule has 0 aromatic heterocycles. The molecular formula is C28H31BO4.